The van der Waals surface area contributed by atoms with E-state index in [9.17, 15) is 9.18 Å². The van der Waals surface area contributed by atoms with Crippen molar-refractivity contribution in [1.82, 2.24) is 0 Å². The van der Waals surface area contributed by atoms with Crippen molar-refractivity contribution in [3.63, 3.8) is 0 Å². The molecule has 0 aliphatic carbocycles. The predicted octanol–water partition coefficient (Wildman–Crippen LogP) is 3.31. The van der Waals surface area contributed by atoms with Crippen LogP contribution in [-0.4, -0.2) is 13.4 Å². The smallest absolute Gasteiger partial charge is 0.169 e. The number of aldehydes is 1. The van der Waals surface area contributed by atoms with Crippen molar-refractivity contribution in [1.29, 1.82) is 5.26 Å². The first-order valence-corrected chi connectivity index (χ1v) is 5.68. The molecule has 0 saturated heterocycles. The van der Waals surface area contributed by atoms with Gasteiger partial charge in [-0.2, -0.15) is 5.26 Å². The van der Waals surface area contributed by atoms with Gasteiger partial charge in [0, 0.05) is 6.07 Å². The molecule has 20 heavy (non-hydrogen) atoms. The maximum Gasteiger partial charge on any atom is 0.169 e. The summed E-state index contributed by atoms with van der Waals surface area (Å²) in [5, 5.41) is 8.86. The lowest BCUT2D eigenvalue weighted by atomic mass is 10.1. The molecule has 0 heterocycles. The van der Waals surface area contributed by atoms with Gasteiger partial charge in [0.2, 0.25) is 0 Å². The summed E-state index contributed by atoms with van der Waals surface area (Å²) in [4.78, 5) is 11.0. The van der Waals surface area contributed by atoms with Crippen molar-refractivity contribution in [2.45, 2.75) is 0 Å². The van der Waals surface area contributed by atoms with Gasteiger partial charge in [0.1, 0.15) is 11.6 Å². The highest BCUT2D eigenvalue weighted by atomic mass is 19.1. The molecule has 2 rings (SSSR count). The molecule has 0 unspecified atom stereocenters. The van der Waals surface area contributed by atoms with E-state index >= 15 is 0 Å². The van der Waals surface area contributed by atoms with E-state index in [0.29, 0.717) is 11.8 Å². The van der Waals surface area contributed by atoms with Gasteiger partial charge in [-0.15, -0.1) is 0 Å². The van der Waals surface area contributed by atoms with Crippen LogP contribution in [0.2, 0.25) is 0 Å². The third kappa shape index (κ3) is 2.75. The van der Waals surface area contributed by atoms with Gasteiger partial charge in [-0.25, -0.2) is 4.39 Å². The molecular weight excluding hydrogens is 261 g/mol. The number of rotatable bonds is 4. The van der Waals surface area contributed by atoms with Gasteiger partial charge in [0.25, 0.3) is 0 Å². The molecule has 100 valence electrons. The third-order valence-corrected chi connectivity index (χ3v) is 2.62. The van der Waals surface area contributed by atoms with Crippen molar-refractivity contribution in [3.05, 3.63) is 53.3 Å². The quantitative estimate of drug-likeness (QED) is 0.800. The molecule has 0 aliphatic rings. The average molecular weight is 271 g/mol. The number of hydrogen-bond acceptors (Lipinski definition) is 4. The Balaban J connectivity index is 2.44. The standard InChI is InChI=1S/C15H10FNO3/c1-19-15-7-12(16)4-5-13(15)20-14-6-10(8-17)2-3-11(14)9-18/h2-7,9H,1H3. The normalized spacial score (nSPS) is 9.65. The van der Waals surface area contributed by atoms with Crippen LogP contribution in [0.1, 0.15) is 15.9 Å². The average Bonchev–Trinajstić information content (AvgIpc) is 2.48. The van der Waals surface area contributed by atoms with Crippen molar-refractivity contribution >= 4 is 6.29 Å². The molecule has 0 amide bonds. The maximum absolute atomic E-state index is 13.1. The molecule has 0 N–H and O–H groups in total. The Morgan fingerprint density at radius 2 is 1.95 bits per heavy atom. The number of hydrogen-bond donors (Lipinski definition) is 0. The van der Waals surface area contributed by atoms with E-state index in [2.05, 4.69) is 0 Å². The fourth-order valence-electron chi connectivity index (χ4n) is 1.63. The highest BCUT2D eigenvalue weighted by Gasteiger charge is 2.11. The number of ether oxygens (including phenoxy) is 2. The van der Waals surface area contributed by atoms with Crippen LogP contribution in [0.25, 0.3) is 0 Å². The Kier molecular flexibility index (Phi) is 3.96. The van der Waals surface area contributed by atoms with Crippen LogP contribution in [0.3, 0.4) is 0 Å². The Morgan fingerprint density at radius 1 is 1.15 bits per heavy atom. The third-order valence-electron chi connectivity index (χ3n) is 2.62. The molecule has 0 aromatic heterocycles. The number of benzene rings is 2. The first-order chi connectivity index (χ1) is 9.67. The number of nitrogens with zero attached hydrogens (tertiary/aromatic N) is 1. The molecule has 0 fully saturated rings. The predicted molar refractivity (Wildman–Crippen MR) is 69.6 cm³/mol. The highest BCUT2D eigenvalue weighted by molar-refractivity contribution is 5.80. The fraction of sp³-hybridized carbons (Fsp3) is 0.0667. The van der Waals surface area contributed by atoms with Gasteiger partial charge in [-0.3, -0.25) is 4.79 Å². The molecule has 0 aliphatic heterocycles. The van der Waals surface area contributed by atoms with Gasteiger partial charge in [-0.05, 0) is 30.3 Å². The summed E-state index contributed by atoms with van der Waals surface area (Å²) in [6.07, 6.45) is 0.618. The van der Waals surface area contributed by atoms with E-state index in [4.69, 9.17) is 14.7 Å². The second kappa shape index (κ2) is 5.85. The number of nitriles is 1. The van der Waals surface area contributed by atoms with Gasteiger partial charge in [0.15, 0.2) is 17.8 Å². The van der Waals surface area contributed by atoms with Gasteiger partial charge in [0.05, 0.1) is 24.3 Å². The molecule has 2 aromatic rings. The van der Waals surface area contributed by atoms with Crippen LogP contribution >= 0.6 is 0 Å². The van der Waals surface area contributed by atoms with Gasteiger partial charge >= 0.3 is 0 Å². The van der Waals surface area contributed by atoms with E-state index < -0.39 is 5.82 Å². The zero-order valence-corrected chi connectivity index (χ0v) is 10.6. The van der Waals surface area contributed by atoms with Crippen molar-refractivity contribution < 1.29 is 18.7 Å². The second-order valence-corrected chi connectivity index (χ2v) is 3.88. The Bertz CT molecular complexity index is 692. The van der Waals surface area contributed by atoms with Gasteiger partial charge < -0.3 is 9.47 Å². The van der Waals surface area contributed by atoms with Gasteiger partial charge in [-0.1, -0.05) is 0 Å². The minimum atomic E-state index is -0.462. The molecule has 0 saturated carbocycles. The summed E-state index contributed by atoms with van der Waals surface area (Å²) in [7, 11) is 1.38. The highest BCUT2D eigenvalue weighted by Crippen LogP contribution is 2.33. The Hall–Kier alpha value is -2.87. The molecule has 0 bridgehead atoms. The minimum absolute atomic E-state index is 0.198. The first-order valence-electron chi connectivity index (χ1n) is 5.68. The summed E-state index contributed by atoms with van der Waals surface area (Å²) in [5.41, 5.74) is 0.641. The maximum atomic E-state index is 13.1. The molecule has 2 aromatic carbocycles. The van der Waals surface area contributed by atoms with Crippen LogP contribution < -0.4 is 9.47 Å². The summed E-state index contributed by atoms with van der Waals surface area (Å²) in [6.45, 7) is 0. The number of halogens is 1. The summed E-state index contributed by atoms with van der Waals surface area (Å²) >= 11 is 0. The number of methoxy groups -OCH3 is 1. The Labute approximate surface area is 115 Å². The van der Waals surface area contributed by atoms with E-state index in [1.54, 1.807) is 0 Å². The SMILES string of the molecule is COc1cc(F)ccc1Oc1cc(C#N)ccc1C=O. The topological polar surface area (TPSA) is 59.3 Å². The molecule has 0 spiro atoms. The summed E-state index contributed by atoms with van der Waals surface area (Å²) in [6, 6.07) is 10.2. The van der Waals surface area contributed by atoms with E-state index in [1.807, 2.05) is 6.07 Å². The Morgan fingerprint density at radius 3 is 2.60 bits per heavy atom. The lowest BCUT2D eigenvalue weighted by Gasteiger charge is -2.11. The van der Waals surface area contributed by atoms with Crippen molar-refractivity contribution in [2.24, 2.45) is 0 Å². The summed E-state index contributed by atoms with van der Waals surface area (Å²) < 4.78 is 23.7. The van der Waals surface area contributed by atoms with Crippen molar-refractivity contribution in [2.75, 3.05) is 7.11 Å². The van der Waals surface area contributed by atoms with E-state index in [1.165, 1.54) is 43.5 Å². The van der Waals surface area contributed by atoms with Crippen molar-refractivity contribution in [3.8, 4) is 23.3 Å². The van der Waals surface area contributed by atoms with Crippen LogP contribution in [0.4, 0.5) is 4.39 Å². The van der Waals surface area contributed by atoms with Crippen LogP contribution in [-0.2, 0) is 0 Å². The number of carbonyl (C=O) groups excluding carboxylic acids is 1. The largest absolute Gasteiger partial charge is 0.493 e. The molecular formula is C15H10FNO3. The lowest BCUT2D eigenvalue weighted by molar-refractivity contribution is 0.112. The van der Waals surface area contributed by atoms with Crippen LogP contribution in [0, 0.1) is 17.1 Å². The zero-order chi connectivity index (χ0) is 14.5. The molecule has 4 nitrogen and oxygen atoms in total. The zero-order valence-electron chi connectivity index (χ0n) is 10.6. The minimum Gasteiger partial charge on any atom is -0.493 e. The van der Waals surface area contributed by atoms with E-state index in [-0.39, 0.29) is 22.8 Å². The monoisotopic (exact) mass is 271 g/mol. The molecule has 0 atom stereocenters. The fourth-order valence-corrected chi connectivity index (χ4v) is 1.63. The summed E-state index contributed by atoms with van der Waals surface area (Å²) in [5.74, 6) is 0.204. The first kappa shape index (κ1) is 13.6. The van der Waals surface area contributed by atoms with Crippen LogP contribution in [0.15, 0.2) is 36.4 Å². The van der Waals surface area contributed by atoms with Crippen LogP contribution in [0.5, 0.6) is 17.2 Å². The second-order valence-electron chi connectivity index (χ2n) is 3.88. The van der Waals surface area contributed by atoms with E-state index in [0.717, 1.165) is 0 Å². The molecule has 5 heteroatoms. The lowest BCUT2D eigenvalue weighted by Crippen LogP contribution is -1.95. The molecule has 0 radical (unpaired) electrons. The number of carbonyl (C=O) groups is 1.